The number of benzene rings is 1. The van der Waals surface area contributed by atoms with Gasteiger partial charge >= 0.3 is 266 Å². The number of hydrogen-bond donors (Lipinski definition) is 0. The quantitative estimate of drug-likeness (QED) is 0.189. The summed E-state index contributed by atoms with van der Waals surface area (Å²) in [6.07, 6.45) is 16.5. The van der Waals surface area contributed by atoms with Crippen LogP contribution < -0.4 is 5.30 Å². The molecular weight excluding hydrogens is 692 g/mol. The summed E-state index contributed by atoms with van der Waals surface area (Å²) in [7, 11) is 6.72. The SMILES string of the molecule is C[C@@H](N(C)C)[C]12[CH]3[CH]4[CH]5[C@@]1(c1ccccc1P[C]16[CH]7[CH]8[CH]9[CH]1[Fe]89761%10%11%12[CH]6[CH]1[CH]%10[C]%11(P(C1CCCCC1)C1CCCCC1)[CH]6%12)[Fe]43521678[CH]2[CH]1[CH]6[CH]7[CH]28. The van der Waals surface area contributed by atoms with Crippen LogP contribution in [0.15, 0.2) is 24.3 Å². The molecule has 5 heteroatoms. The van der Waals surface area contributed by atoms with Gasteiger partial charge in [0.15, 0.2) is 0 Å². The van der Waals surface area contributed by atoms with E-state index in [-0.39, 0.29) is 0 Å². The summed E-state index contributed by atoms with van der Waals surface area (Å²) in [6, 6.07) is 12.0. The molecule has 1 aromatic carbocycles. The van der Waals surface area contributed by atoms with Crippen molar-refractivity contribution in [1.29, 1.82) is 0 Å². The molecule has 2 spiro atoms. The van der Waals surface area contributed by atoms with Gasteiger partial charge in [0.05, 0.1) is 0 Å². The Hall–Kier alpha value is 1.08. The first kappa shape index (κ1) is 21.7. The van der Waals surface area contributed by atoms with Crippen LogP contribution in [0.4, 0.5) is 0 Å². The minimum atomic E-state index is -3.57. The Labute approximate surface area is 264 Å². The molecule has 0 aromatic heterocycles. The van der Waals surface area contributed by atoms with Gasteiger partial charge in [0.25, 0.3) is 0 Å². The fourth-order valence-electron chi connectivity index (χ4n) is 41.2. The maximum absolute atomic E-state index is 3.57. The first-order chi connectivity index (χ1) is 22.5. The minimum absolute atomic E-state index is 0.343. The number of rotatable bonds is 8. The van der Waals surface area contributed by atoms with E-state index in [1.807, 2.05) is 0 Å². The molecule has 20 saturated heterocycles. The fourth-order valence-corrected chi connectivity index (χ4v) is 224. The summed E-state index contributed by atoms with van der Waals surface area (Å²) >= 11 is 0. The first-order valence-electron chi connectivity index (χ1n) is 21.3. The molecule has 1 aromatic rings. The fraction of sp³-hybridized carbons (Fsp3) is 0.857. The Morgan fingerprint density at radius 1 is 0.660 bits per heavy atom. The van der Waals surface area contributed by atoms with Crippen LogP contribution in [0.1, 0.15) is 76.7 Å². The Kier molecular flexibility index (Phi) is 1.16. The average Bonchev–Trinajstić information content (AvgIpc) is 3.95. The number of fused-ring (bicyclic) bond motifs is 20. The predicted molar refractivity (Wildman–Crippen MR) is 188 cm³/mol. The molecule has 0 amide bonds. The number of hydrogen-bond acceptors (Lipinski definition) is 1. The molecule has 0 N–H and O–H groups in total. The third kappa shape index (κ3) is 0.359. The molecule has 22 fully saturated rings. The van der Waals surface area contributed by atoms with Crippen LogP contribution in [0, 0.1) is 0 Å². The summed E-state index contributed by atoms with van der Waals surface area (Å²) in [5, 5.41) is 2.13. The third-order valence-electron chi connectivity index (χ3n) is 37.1. The Balaban J connectivity index is 0.782. The van der Waals surface area contributed by atoms with Crippen molar-refractivity contribution in [2.45, 2.75) is 182 Å². The van der Waals surface area contributed by atoms with Crippen LogP contribution in [0.2, 0.25) is 81.4 Å². The third-order valence-corrected chi connectivity index (χ3v) is 137. The van der Waals surface area contributed by atoms with Gasteiger partial charge in [-0.1, -0.05) is 0 Å². The van der Waals surface area contributed by atoms with E-state index < -0.39 is 13.0 Å². The normalized spacial score (nSPS) is 99.0. The Bertz CT molecular complexity index is 2920. The van der Waals surface area contributed by atoms with Gasteiger partial charge in [0.2, 0.25) is 0 Å². The zero-order valence-electron chi connectivity index (χ0n) is 28.5. The van der Waals surface area contributed by atoms with Crippen molar-refractivity contribution < 1.29 is 13.0 Å². The molecule has 15 atom stereocenters. The van der Waals surface area contributed by atoms with E-state index in [1.165, 1.54) is 101 Å². The van der Waals surface area contributed by atoms with Crippen molar-refractivity contribution in [2.75, 3.05) is 14.1 Å². The molecule has 2 aliphatic carbocycles. The summed E-state index contributed by atoms with van der Waals surface area (Å²) in [6.45, 7) is -4.33. The van der Waals surface area contributed by atoms with Gasteiger partial charge in [-0.3, -0.25) is 0 Å². The molecule has 1 nitrogen and oxygen atoms in total. The molecule has 0 radical (unpaired) electrons. The monoisotopic (exact) mass is 745 g/mol. The van der Waals surface area contributed by atoms with Crippen LogP contribution in [0.3, 0.4) is 0 Å². The van der Waals surface area contributed by atoms with Crippen molar-refractivity contribution in [3.8, 4) is 0 Å². The Morgan fingerprint density at radius 2 is 1.21 bits per heavy atom. The van der Waals surface area contributed by atoms with Crippen molar-refractivity contribution in [3.05, 3.63) is 29.8 Å². The van der Waals surface area contributed by atoms with Gasteiger partial charge in [-0.2, -0.15) is 0 Å². The molecule has 22 aliphatic rings. The molecule has 23 rings (SSSR count). The van der Waals surface area contributed by atoms with Crippen LogP contribution in [0.25, 0.3) is 0 Å². The van der Waals surface area contributed by atoms with Crippen molar-refractivity contribution in [2.24, 2.45) is 0 Å². The second kappa shape index (κ2) is 2.52. The van der Waals surface area contributed by atoms with E-state index in [4.69, 9.17) is 0 Å². The molecular formula is C42H53Fe2NP2. The first-order valence-corrected chi connectivity index (χ1v) is 36.1. The molecule has 20 aliphatic heterocycles. The molecule has 13 unspecified atom stereocenters. The molecule has 47 heavy (non-hydrogen) atoms. The van der Waals surface area contributed by atoms with Crippen LogP contribution >= 0.6 is 16.5 Å². The summed E-state index contributed by atoms with van der Waals surface area (Å²) in [5.41, 5.74) is 4.70. The zero-order valence-corrected chi connectivity index (χ0v) is 32.6. The van der Waals surface area contributed by atoms with Crippen LogP contribution in [-0.4, -0.2) is 44.5 Å². The molecule has 2 saturated carbocycles. The summed E-state index contributed by atoms with van der Waals surface area (Å²) < 4.78 is 4.02. The topological polar surface area (TPSA) is 3.24 Å². The van der Waals surface area contributed by atoms with E-state index in [9.17, 15) is 0 Å². The summed E-state index contributed by atoms with van der Waals surface area (Å²) in [4.78, 5) is 26.1. The summed E-state index contributed by atoms with van der Waals surface area (Å²) in [5.74, 6) is 0. The van der Waals surface area contributed by atoms with Crippen molar-refractivity contribution in [3.63, 3.8) is 0 Å². The molecule has 252 valence electrons. The average molecular weight is 746 g/mol. The van der Waals surface area contributed by atoms with E-state index in [2.05, 4.69) is 61.1 Å². The number of nitrogens with zero attached hydrogens (tertiary/aromatic N) is 1. The Morgan fingerprint density at radius 3 is 1.70 bits per heavy atom. The van der Waals surface area contributed by atoms with Crippen molar-refractivity contribution >= 4 is 21.8 Å². The van der Waals surface area contributed by atoms with Gasteiger partial charge < -0.3 is 0 Å². The van der Waals surface area contributed by atoms with Crippen LogP contribution in [-0.2, 0) is 17.3 Å². The molecule has 20 heterocycles. The van der Waals surface area contributed by atoms with E-state index in [0.29, 0.717) is 7.92 Å². The standard InChI is InChI=1S/C20H22NP.C17H26P.C5H5.2Fe/c1-15(21(2)3)17-12-8-13-18(17)19-11-6-7-14-20(19)22-16-9-4-5-10-16;1-3-9-15(10-4-1)18(17-13-7-8-14-17)16-11-5-2-6-12-16;1-2-4-5-3-1;;/h4-15,22H,1-3H3;7-8,13-16H,1-6,9-12H2;1-5H;;/t15-;;;;/m1..../s1. The van der Waals surface area contributed by atoms with Gasteiger partial charge in [0, 0.05) is 0 Å². The van der Waals surface area contributed by atoms with Gasteiger partial charge in [-0.05, 0) is 0 Å². The predicted octanol–water partition coefficient (Wildman–Crippen LogP) is 11.5. The van der Waals surface area contributed by atoms with Crippen molar-refractivity contribution in [1.82, 2.24) is 4.90 Å². The maximum atomic E-state index is 2.94. The van der Waals surface area contributed by atoms with E-state index >= 15 is 0 Å². The second-order valence-corrected chi connectivity index (χ2v) is 79.8. The zero-order chi connectivity index (χ0) is 29.5. The van der Waals surface area contributed by atoms with Gasteiger partial charge in [-0.15, -0.1) is 0 Å². The van der Waals surface area contributed by atoms with Gasteiger partial charge in [0.1, 0.15) is 0 Å². The van der Waals surface area contributed by atoms with E-state index in [1.54, 1.807) is 64.2 Å². The van der Waals surface area contributed by atoms with E-state index in [0.717, 1.165) is 18.7 Å². The van der Waals surface area contributed by atoms with Gasteiger partial charge in [-0.25, -0.2) is 0 Å². The molecule has 0 bridgehead atoms. The second-order valence-electron chi connectivity index (χ2n) is 27.8. The van der Waals surface area contributed by atoms with Crippen LogP contribution in [0.5, 0.6) is 0 Å².